The van der Waals surface area contributed by atoms with Gasteiger partial charge in [0.25, 0.3) is 11.6 Å². The lowest BCUT2D eigenvalue weighted by molar-refractivity contribution is 0.102. The summed E-state index contributed by atoms with van der Waals surface area (Å²) in [4.78, 5) is 17.2. The Morgan fingerprint density at radius 2 is 2.08 bits per heavy atom. The Kier molecular flexibility index (Phi) is 3.33. The van der Waals surface area contributed by atoms with Crippen molar-refractivity contribution in [2.24, 2.45) is 0 Å². The second-order valence-corrected chi connectivity index (χ2v) is 6.25. The molecular formula is C18H16FN3O2. The number of amides is 1. The van der Waals surface area contributed by atoms with Crippen LogP contribution < -0.4 is 5.32 Å². The number of aromatic nitrogens is 2. The van der Waals surface area contributed by atoms with Crippen LogP contribution in [-0.2, 0) is 0 Å². The number of nitrogens with one attached hydrogen (secondary N) is 1. The predicted octanol–water partition coefficient (Wildman–Crippen LogP) is 4.11. The molecule has 5 nitrogen and oxygen atoms in total. The van der Waals surface area contributed by atoms with Crippen molar-refractivity contribution in [3.8, 4) is 0 Å². The molecule has 0 aliphatic heterocycles. The molecule has 1 aliphatic carbocycles. The summed E-state index contributed by atoms with van der Waals surface area (Å²) in [7, 11) is 0. The van der Waals surface area contributed by atoms with Crippen LogP contribution in [0, 0.1) is 19.7 Å². The highest BCUT2D eigenvalue weighted by Gasteiger charge is 2.28. The minimum Gasteiger partial charge on any atom is -0.336 e. The predicted molar refractivity (Wildman–Crippen MR) is 87.6 cm³/mol. The molecule has 24 heavy (non-hydrogen) atoms. The number of carbonyl (C=O) groups is 1. The number of fused-ring (bicyclic) bond motifs is 1. The lowest BCUT2D eigenvalue weighted by Gasteiger charge is -2.09. The maximum atomic E-state index is 13.9. The smallest absolute Gasteiger partial charge is 0.259 e. The summed E-state index contributed by atoms with van der Waals surface area (Å²) in [5.74, 6) is -0.495. The minimum absolute atomic E-state index is 0.159. The SMILES string of the molecule is Cc1ccc(F)c(NC(=O)c2cc(C3CC3)nc3onc(C)c23)c1. The van der Waals surface area contributed by atoms with E-state index in [-0.39, 0.29) is 11.6 Å². The van der Waals surface area contributed by atoms with Crippen molar-refractivity contribution in [3.05, 3.63) is 52.6 Å². The van der Waals surface area contributed by atoms with E-state index < -0.39 is 5.82 Å². The van der Waals surface area contributed by atoms with Crippen LogP contribution in [0.2, 0.25) is 0 Å². The minimum atomic E-state index is -0.469. The number of pyridine rings is 1. The first-order valence-electron chi connectivity index (χ1n) is 7.87. The molecule has 1 fully saturated rings. The van der Waals surface area contributed by atoms with Gasteiger partial charge in [-0.3, -0.25) is 4.79 Å². The molecule has 0 saturated heterocycles. The number of hydrogen-bond acceptors (Lipinski definition) is 4. The lowest BCUT2D eigenvalue weighted by atomic mass is 10.1. The summed E-state index contributed by atoms with van der Waals surface area (Å²) in [6.45, 7) is 3.60. The summed E-state index contributed by atoms with van der Waals surface area (Å²) < 4.78 is 19.2. The monoisotopic (exact) mass is 325 g/mol. The standard InChI is InChI=1S/C18H16FN3O2/c1-9-3-6-13(19)15(7-9)20-17(23)12-8-14(11-4-5-11)21-18-16(12)10(2)22-24-18/h3,6-8,11H,4-5H2,1-2H3,(H,20,23). The number of anilines is 1. The first-order valence-corrected chi connectivity index (χ1v) is 7.87. The molecule has 4 rings (SSSR count). The molecule has 2 heterocycles. The van der Waals surface area contributed by atoms with E-state index >= 15 is 0 Å². The van der Waals surface area contributed by atoms with Gasteiger partial charge in [-0.2, -0.15) is 0 Å². The van der Waals surface area contributed by atoms with Gasteiger partial charge in [0.15, 0.2) is 0 Å². The fourth-order valence-electron chi connectivity index (χ4n) is 2.81. The van der Waals surface area contributed by atoms with E-state index in [9.17, 15) is 9.18 Å². The topological polar surface area (TPSA) is 68.0 Å². The molecule has 3 aromatic rings. The van der Waals surface area contributed by atoms with Crippen molar-refractivity contribution in [1.82, 2.24) is 10.1 Å². The first kappa shape index (κ1) is 14.8. The van der Waals surface area contributed by atoms with Crippen LogP contribution in [0.3, 0.4) is 0 Å². The highest BCUT2D eigenvalue weighted by molar-refractivity contribution is 6.12. The van der Waals surface area contributed by atoms with Crippen LogP contribution in [0.4, 0.5) is 10.1 Å². The lowest BCUT2D eigenvalue weighted by Crippen LogP contribution is -2.14. The maximum absolute atomic E-state index is 13.9. The Balaban J connectivity index is 1.78. The zero-order valence-corrected chi connectivity index (χ0v) is 13.4. The molecule has 6 heteroatoms. The first-order chi connectivity index (χ1) is 11.5. The Bertz CT molecular complexity index is 960. The summed E-state index contributed by atoms with van der Waals surface area (Å²) >= 11 is 0. The third-order valence-electron chi connectivity index (χ3n) is 4.25. The van der Waals surface area contributed by atoms with Gasteiger partial charge < -0.3 is 9.84 Å². The van der Waals surface area contributed by atoms with Crippen molar-refractivity contribution in [2.75, 3.05) is 5.32 Å². The van der Waals surface area contributed by atoms with Gasteiger partial charge in [-0.25, -0.2) is 9.37 Å². The molecule has 0 unspecified atom stereocenters. The summed E-state index contributed by atoms with van der Waals surface area (Å²) in [6.07, 6.45) is 2.11. The van der Waals surface area contributed by atoms with Crippen LogP contribution in [0.1, 0.15) is 46.1 Å². The molecule has 0 bridgehead atoms. The molecule has 2 aromatic heterocycles. The summed E-state index contributed by atoms with van der Waals surface area (Å²) in [6, 6.07) is 6.37. The maximum Gasteiger partial charge on any atom is 0.259 e. The largest absolute Gasteiger partial charge is 0.336 e. The summed E-state index contributed by atoms with van der Waals surface area (Å²) in [5.41, 5.74) is 3.22. The fourth-order valence-corrected chi connectivity index (χ4v) is 2.81. The fraction of sp³-hybridized carbons (Fsp3) is 0.278. The van der Waals surface area contributed by atoms with E-state index in [4.69, 9.17) is 4.52 Å². The van der Waals surface area contributed by atoms with Crippen molar-refractivity contribution in [3.63, 3.8) is 0 Å². The average Bonchev–Trinajstić information content (AvgIpc) is 3.34. The van der Waals surface area contributed by atoms with Crippen molar-refractivity contribution in [1.29, 1.82) is 0 Å². The molecule has 1 N–H and O–H groups in total. The number of benzene rings is 1. The van der Waals surface area contributed by atoms with E-state index in [1.807, 2.05) is 6.92 Å². The van der Waals surface area contributed by atoms with E-state index in [1.54, 1.807) is 25.1 Å². The quantitative estimate of drug-likeness (QED) is 0.787. The number of nitrogens with zero attached hydrogens (tertiary/aromatic N) is 2. The zero-order chi connectivity index (χ0) is 16.8. The Morgan fingerprint density at radius 3 is 2.83 bits per heavy atom. The molecule has 0 radical (unpaired) electrons. The Hall–Kier alpha value is -2.76. The molecule has 0 atom stereocenters. The van der Waals surface area contributed by atoms with Gasteiger partial charge in [0, 0.05) is 11.6 Å². The number of halogens is 1. The Morgan fingerprint density at radius 1 is 1.29 bits per heavy atom. The number of carbonyl (C=O) groups excluding carboxylic acids is 1. The van der Waals surface area contributed by atoms with Gasteiger partial charge >= 0.3 is 0 Å². The molecule has 1 aliphatic rings. The highest BCUT2D eigenvalue weighted by Crippen LogP contribution is 2.40. The normalized spacial score (nSPS) is 14.1. The molecular weight excluding hydrogens is 309 g/mol. The van der Waals surface area contributed by atoms with Crippen molar-refractivity contribution in [2.45, 2.75) is 32.6 Å². The van der Waals surface area contributed by atoms with Crippen LogP contribution in [-0.4, -0.2) is 16.0 Å². The molecule has 0 spiro atoms. The third-order valence-corrected chi connectivity index (χ3v) is 4.25. The van der Waals surface area contributed by atoms with E-state index in [1.165, 1.54) is 6.07 Å². The highest BCUT2D eigenvalue weighted by atomic mass is 19.1. The second kappa shape index (κ2) is 5.40. The van der Waals surface area contributed by atoms with Crippen molar-refractivity contribution >= 4 is 22.7 Å². The van der Waals surface area contributed by atoms with Gasteiger partial charge in [-0.1, -0.05) is 11.2 Å². The van der Waals surface area contributed by atoms with E-state index in [2.05, 4.69) is 15.5 Å². The molecule has 1 amide bonds. The van der Waals surface area contributed by atoms with E-state index in [0.29, 0.717) is 28.3 Å². The number of aryl methyl sites for hydroxylation is 2. The number of rotatable bonds is 3. The van der Waals surface area contributed by atoms with Crippen LogP contribution >= 0.6 is 0 Å². The second-order valence-electron chi connectivity index (χ2n) is 6.25. The van der Waals surface area contributed by atoms with Gasteiger partial charge in [-0.05, 0) is 50.5 Å². The van der Waals surface area contributed by atoms with Gasteiger partial charge in [0.05, 0.1) is 22.3 Å². The van der Waals surface area contributed by atoms with Gasteiger partial charge in [0.1, 0.15) is 5.82 Å². The zero-order valence-electron chi connectivity index (χ0n) is 13.4. The average molecular weight is 325 g/mol. The third kappa shape index (κ3) is 2.54. The molecule has 1 aromatic carbocycles. The van der Waals surface area contributed by atoms with Crippen LogP contribution in [0.25, 0.3) is 11.1 Å². The van der Waals surface area contributed by atoms with Crippen LogP contribution in [0.5, 0.6) is 0 Å². The van der Waals surface area contributed by atoms with Gasteiger partial charge in [-0.15, -0.1) is 0 Å². The number of hydrogen-bond donors (Lipinski definition) is 1. The Labute approximate surface area is 137 Å². The van der Waals surface area contributed by atoms with E-state index in [0.717, 1.165) is 24.1 Å². The van der Waals surface area contributed by atoms with Crippen LogP contribution in [0.15, 0.2) is 28.8 Å². The summed E-state index contributed by atoms with van der Waals surface area (Å²) in [5, 5.41) is 7.13. The molecule has 122 valence electrons. The van der Waals surface area contributed by atoms with Crippen molar-refractivity contribution < 1.29 is 13.7 Å². The van der Waals surface area contributed by atoms with Gasteiger partial charge in [0.2, 0.25) is 0 Å². The molecule has 1 saturated carbocycles.